The zero-order chi connectivity index (χ0) is 14.6. The Morgan fingerprint density at radius 1 is 0.591 bits per heavy atom. The first-order valence-electron chi connectivity index (χ1n) is 5.52. The molecule has 0 fully saturated rings. The third kappa shape index (κ3) is 2.36. The molecule has 0 radical (unpaired) electrons. The van der Waals surface area contributed by atoms with Gasteiger partial charge in [-0.25, -0.2) is 0 Å². The van der Waals surface area contributed by atoms with Crippen molar-refractivity contribution in [2.24, 2.45) is 0 Å². The van der Waals surface area contributed by atoms with Crippen molar-refractivity contribution in [3.63, 3.8) is 0 Å². The average Bonchev–Trinajstić information content (AvgIpc) is 2.82. The fraction of sp³-hybridized carbons (Fsp3) is 0. The second-order valence-corrected chi connectivity index (χ2v) is 4.32. The van der Waals surface area contributed by atoms with Crippen LogP contribution in [0, 0.1) is 0 Å². The van der Waals surface area contributed by atoms with Crippen LogP contribution < -0.4 is 69.3 Å². The molecule has 1 aromatic rings. The molecule has 0 unspecified atom stereocenters. The standard InChI is InChI=1S/C14H6O6.2Na/c15-3-9-11(17)5-1-6-8(2-7(5)13(9)19)14(20)10(4-16)12(6)18;;/h1-4,15-16H;;/q;2*+1/p-2. The SMILES string of the molecule is O=C1C(=C[O-])C(=O)c2cc3c(cc21)C(=O)C(=C[O-])C3=O.[Na+].[Na+]. The zero-order valence-electron chi connectivity index (χ0n) is 11.8. The third-order valence-corrected chi connectivity index (χ3v) is 3.35. The summed E-state index contributed by atoms with van der Waals surface area (Å²) in [4.78, 5) is 47.3. The van der Waals surface area contributed by atoms with Gasteiger partial charge in [-0.15, -0.1) is 12.5 Å². The summed E-state index contributed by atoms with van der Waals surface area (Å²) in [6.45, 7) is 0. The molecule has 0 spiro atoms. The first kappa shape index (κ1) is 19.0. The molecule has 2 aliphatic rings. The second kappa shape index (κ2) is 6.62. The number of Topliss-reactive ketones (excluding diaryl/α,β-unsaturated/α-hetero) is 4. The first-order chi connectivity index (χ1) is 9.51. The molecule has 3 rings (SSSR count). The van der Waals surface area contributed by atoms with Crippen molar-refractivity contribution < 1.29 is 88.5 Å². The summed E-state index contributed by atoms with van der Waals surface area (Å²) in [6, 6.07) is 2.19. The molecule has 1 aromatic carbocycles. The fourth-order valence-corrected chi connectivity index (χ4v) is 2.35. The van der Waals surface area contributed by atoms with Crippen LogP contribution in [0.15, 0.2) is 35.8 Å². The molecule has 0 bridgehead atoms. The Labute approximate surface area is 168 Å². The van der Waals surface area contributed by atoms with Crippen LogP contribution in [0.5, 0.6) is 0 Å². The van der Waals surface area contributed by atoms with Crippen LogP contribution in [0.1, 0.15) is 41.4 Å². The van der Waals surface area contributed by atoms with Crippen molar-refractivity contribution in [1.82, 2.24) is 0 Å². The number of allylic oxidation sites excluding steroid dienone is 2. The summed E-state index contributed by atoms with van der Waals surface area (Å²) in [5.74, 6) is -3.10. The Hall–Kier alpha value is -1.02. The summed E-state index contributed by atoms with van der Waals surface area (Å²) in [7, 11) is 0. The van der Waals surface area contributed by atoms with E-state index < -0.39 is 34.3 Å². The Bertz CT molecular complexity index is 682. The van der Waals surface area contributed by atoms with Gasteiger partial charge in [-0.2, -0.15) is 0 Å². The number of ketones is 4. The number of hydrogen-bond acceptors (Lipinski definition) is 6. The van der Waals surface area contributed by atoms with E-state index in [0.29, 0.717) is 0 Å². The number of hydrogen-bond donors (Lipinski definition) is 0. The summed E-state index contributed by atoms with van der Waals surface area (Å²) >= 11 is 0. The molecule has 2 aliphatic carbocycles. The molecule has 98 valence electrons. The molecule has 6 nitrogen and oxygen atoms in total. The molecular weight excluding hydrogens is 310 g/mol. The van der Waals surface area contributed by atoms with E-state index in [0.717, 1.165) is 12.1 Å². The molecular formula is C14H4Na2O6. The summed E-state index contributed by atoms with van der Waals surface area (Å²) < 4.78 is 0. The van der Waals surface area contributed by atoms with Crippen LogP contribution in [0.4, 0.5) is 0 Å². The minimum absolute atomic E-state index is 0. The quantitative estimate of drug-likeness (QED) is 0.203. The van der Waals surface area contributed by atoms with Gasteiger partial charge < -0.3 is 10.2 Å². The maximum absolute atomic E-state index is 11.8. The minimum atomic E-state index is -0.775. The van der Waals surface area contributed by atoms with Crippen LogP contribution in [-0.4, -0.2) is 23.1 Å². The number of benzene rings is 1. The Kier molecular flexibility index (Phi) is 5.72. The number of rotatable bonds is 0. The van der Waals surface area contributed by atoms with Crippen molar-refractivity contribution in [3.8, 4) is 0 Å². The third-order valence-electron chi connectivity index (χ3n) is 3.35. The van der Waals surface area contributed by atoms with Gasteiger partial charge in [-0.05, 0) is 12.1 Å². The Morgan fingerprint density at radius 2 is 0.818 bits per heavy atom. The largest absolute Gasteiger partial charge is 1.00 e. The second-order valence-electron chi connectivity index (χ2n) is 4.32. The van der Waals surface area contributed by atoms with E-state index in [2.05, 4.69) is 0 Å². The first-order valence-corrected chi connectivity index (χ1v) is 5.52. The van der Waals surface area contributed by atoms with Crippen LogP contribution in [0.2, 0.25) is 0 Å². The van der Waals surface area contributed by atoms with Gasteiger partial charge >= 0.3 is 59.1 Å². The summed E-state index contributed by atoms with van der Waals surface area (Å²) in [5, 5.41) is 21.4. The molecule has 22 heavy (non-hydrogen) atoms. The van der Waals surface area contributed by atoms with E-state index in [4.69, 9.17) is 0 Å². The van der Waals surface area contributed by atoms with E-state index in [1.807, 2.05) is 0 Å². The van der Waals surface area contributed by atoms with Crippen LogP contribution in [-0.2, 0) is 0 Å². The zero-order valence-corrected chi connectivity index (χ0v) is 15.8. The van der Waals surface area contributed by atoms with E-state index in [1.54, 1.807) is 0 Å². The normalized spacial score (nSPS) is 15.1. The van der Waals surface area contributed by atoms with E-state index in [-0.39, 0.29) is 93.9 Å². The summed E-state index contributed by atoms with van der Waals surface area (Å²) in [5.41, 5.74) is -1.42. The Balaban J connectivity index is 0.00000121. The molecule has 0 heterocycles. The summed E-state index contributed by atoms with van der Waals surface area (Å²) in [6.07, 6.45) is 0.310. The maximum Gasteiger partial charge on any atom is 1.00 e. The molecule has 0 aromatic heterocycles. The number of carbonyl (C=O) groups is 4. The van der Waals surface area contributed by atoms with E-state index in [9.17, 15) is 29.4 Å². The average molecular weight is 314 g/mol. The van der Waals surface area contributed by atoms with Gasteiger partial charge in [0, 0.05) is 22.3 Å². The topological polar surface area (TPSA) is 114 Å². The van der Waals surface area contributed by atoms with Gasteiger partial charge in [0.05, 0.1) is 11.1 Å². The van der Waals surface area contributed by atoms with Crippen molar-refractivity contribution in [1.29, 1.82) is 0 Å². The van der Waals surface area contributed by atoms with Crippen molar-refractivity contribution in [2.45, 2.75) is 0 Å². The van der Waals surface area contributed by atoms with Gasteiger partial charge in [-0.1, -0.05) is 0 Å². The van der Waals surface area contributed by atoms with Gasteiger partial charge in [-0.3, -0.25) is 19.2 Å². The van der Waals surface area contributed by atoms with Crippen molar-refractivity contribution in [3.05, 3.63) is 58.1 Å². The van der Waals surface area contributed by atoms with Crippen LogP contribution in [0.25, 0.3) is 0 Å². The predicted octanol–water partition coefficient (Wildman–Crippen LogP) is -7.06. The molecule has 0 saturated heterocycles. The Morgan fingerprint density at radius 3 is 1.00 bits per heavy atom. The van der Waals surface area contributed by atoms with Crippen molar-refractivity contribution >= 4 is 23.1 Å². The minimum Gasteiger partial charge on any atom is -0.877 e. The number of carbonyl (C=O) groups excluding carboxylic acids is 4. The monoisotopic (exact) mass is 314 g/mol. The number of fused-ring (bicyclic) bond motifs is 2. The molecule has 0 amide bonds. The van der Waals surface area contributed by atoms with Crippen molar-refractivity contribution in [2.75, 3.05) is 0 Å². The molecule has 0 N–H and O–H groups in total. The van der Waals surface area contributed by atoms with Gasteiger partial charge in [0.1, 0.15) is 0 Å². The molecule has 0 aliphatic heterocycles. The smallest absolute Gasteiger partial charge is 0.877 e. The molecule has 0 atom stereocenters. The van der Waals surface area contributed by atoms with E-state index in [1.165, 1.54) is 0 Å². The van der Waals surface area contributed by atoms with Gasteiger partial charge in [0.25, 0.3) is 0 Å². The predicted molar refractivity (Wildman–Crippen MR) is 59.9 cm³/mol. The van der Waals surface area contributed by atoms with Gasteiger partial charge in [0.15, 0.2) is 23.1 Å². The van der Waals surface area contributed by atoms with E-state index >= 15 is 0 Å². The van der Waals surface area contributed by atoms with Gasteiger partial charge in [0.2, 0.25) is 0 Å². The van der Waals surface area contributed by atoms with Crippen LogP contribution >= 0.6 is 0 Å². The van der Waals surface area contributed by atoms with Crippen LogP contribution in [0.3, 0.4) is 0 Å². The molecule has 0 saturated carbocycles. The maximum atomic E-state index is 11.8. The molecule has 8 heteroatoms. The fourth-order valence-electron chi connectivity index (χ4n) is 2.35.